The van der Waals surface area contributed by atoms with Gasteiger partial charge in [0.25, 0.3) is 11.8 Å². The lowest BCUT2D eigenvalue weighted by atomic mass is 10.2. The Morgan fingerprint density at radius 1 is 1.16 bits per heavy atom. The lowest BCUT2D eigenvalue weighted by Crippen LogP contribution is -2.41. The highest BCUT2D eigenvalue weighted by Gasteiger charge is 2.12. The molecule has 2 N–H and O–H groups in total. The molecule has 0 bridgehead atoms. The second-order valence-electron chi connectivity index (χ2n) is 5.33. The summed E-state index contributed by atoms with van der Waals surface area (Å²) in [5.74, 6) is 0.482. The summed E-state index contributed by atoms with van der Waals surface area (Å²) in [5.41, 5.74) is 5.91. The second-order valence-corrected chi connectivity index (χ2v) is 6.25. The number of aryl methyl sites for hydroxylation is 1. The Bertz CT molecular complexity index is 844. The number of hydrazine groups is 1. The van der Waals surface area contributed by atoms with Gasteiger partial charge in [-0.2, -0.15) is 0 Å². The molecule has 7 nitrogen and oxygen atoms in total. The smallest absolute Gasteiger partial charge is 0.286 e. The van der Waals surface area contributed by atoms with Crippen molar-refractivity contribution in [1.82, 2.24) is 15.4 Å². The molecule has 1 aromatic carbocycles. The predicted molar refractivity (Wildman–Crippen MR) is 95.2 cm³/mol. The largest absolute Gasteiger partial charge is 0.486 e. The third-order valence-electron chi connectivity index (χ3n) is 3.50. The number of hydrogen-bond donors (Lipinski definition) is 2. The maximum absolute atomic E-state index is 12.0. The average molecular weight is 406 g/mol. The van der Waals surface area contributed by atoms with Crippen molar-refractivity contribution in [2.75, 3.05) is 13.2 Å². The van der Waals surface area contributed by atoms with E-state index in [1.807, 2.05) is 6.07 Å². The third kappa shape index (κ3) is 4.21. The summed E-state index contributed by atoms with van der Waals surface area (Å²) >= 11 is 3.29. The van der Waals surface area contributed by atoms with E-state index in [0.717, 1.165) is 10.0 Å². The molecule has 0 spiro atoms. The monoisotopic (exact) mass is 405 g/mol. The molecule has 130 valence electrons. The average Bonchev–Trinajstić information content (AvgIpc) is 2.96. The van der Waals surface area contributed by atoms with Crippen LogP contribution in [0.2, 0.25) is 0 Å². The van der Waals surface area contributed by atoms with Gasteiger partial charge in [-0.3, -0.25) is 20.4 Å². The molecule has 0 saturated carbocycles. The third-order valence-corrected chi connectivity index (χ3v) is 3.93. The van der Waals surface area contributed by atoms with Crippen molar-refractivity contribution in [3.63, 3.8) is 0 Å². The van der Waals surface area contributed by atoms with Gasteiger partial charge >= 0.3 is 0 Å². The van der Waals surface area contributed by atoms with Crippen LogP contribution in [0.15, 0.2) is 41.0 Å². The van der Waals surface area contributed by atoms with Crippen LogP contribution in [0.1, 0.15) is 16.1 Å². The molecule has 8 heteroatoms. The highest BCUT2D eigenvalue weighted by molar-refractivity contribution is 9.10. The highest BCUT2D eigenvalue weighted by Crippen LogP contribution is 2.31. The molecule has 0 unspecified atom stereocenters. The fourth-order valence-electron chi connectivity index (χ4n) is 2.31. The maximum atomic E-state index is 12.0. The SMILES string of the molecule is Cn1cc(Br)cc1C(=O)NNC(=O)/C=C/c1ccc2c(c1)OCCO2. The number of amides is 2. The molecule has 0 radical (unpaired) electrons. The molecule has 25 heavy (non-hydrogen) atoms. The Morgan fingerprint density at radius 2 is 1.92 bits per heavy atom. The van der Waals surface area contributed by atoms with E-state index in [0.29, 0.717) is 30.4 Å². The summed E-state index contributed by atoms with van der Waals surface area (Å²) in [6.07, 6.45) is 4.70. The molecule has 2 heterocycles. The molecule has 3 rings (SSSR count). The van der Waals surface area contributed by atoms with Crippen molar-refractivity contribution in [3.05, 3.63) is 52.3 Å². The Balaban J connectivity index is 1.56. The normalized spacial score (nSPS) is 12.9. The Labute approximate surface area is 152 Å². The fraction of sp³-hybridized carbons (Fsp3) is 0.176. The van der Waals surface area contributed by atoms with Gasteiger partial charge in [0.1, 0.15) is 18.9 Å². The molecule has 0 aliphatic carbocycles. The maximum Gasteiger partial charge on any atom is 0.286 e. The summed E-state index contributed by atoms with van der Waals surface area (Å²) in [4.78, 5) is 23.8. The van der Waals surface area contributed by atoms with Crippen LogP contribution in [-0.2, 0) is 11.8 Å². The van der Waals surface area contributed by atoms with E-state index in [1.165, 1.54) is 6.08 Å². The molecular weight excluding hydrogens is 390 g/mol. The number of nitrogens with one attached hydrogen (secondary N) is 2. The number of nitrogens with zero attached hydrogens (tertiary/aromatic N) is 1. The first-order valence-electron chi connectivity index (χ1n) is 7.53. The second kappa shape index (κ2) is 7.43. The number of ether oxygens (including phenoxy) is 2. The zero-order valence-corrected chi connectivity index (χ0v) is 15.0. The van der Waals surface area contributed by atoms with Gasteiger partial charge in [-0.05, 0) is 45.8 Å². The zero-order chi connectivity index (χ0) is 17.8. The number of rotatable bonds is 3. The fourth-order valence-corrected chi connectivity index (χ4v) is 2.83. The standard InChI is InChI=1S/C17H16BrN3O4/c1-21-10-12(18)9-13(21)17(23)20-19-16(22)5-3-11-2-4-14-15(8-11)25-7-6-24-14/h2-5,8-10H,6-7H2,1H3,(H,19,22)(H,20,23)/b5-3+. The number of fused-ring (bicyclic) bond motifs is 1. The molecule has 0 fully saturated rings. The van der Waals surface area contributed by atoms with E-state index in [-0.39, 0.29) is 0 Å². The van der Waals surface area contributed by atoms with Crippen LogP contribution < -0.4 is 20.3 Å². The summed E-state index contributed by atoms with van der Waals surface area (Å²) < 4.78 is 13.4. The molecule has 0 saturated heterocycles. The molecule has 2 aromatic rings. The van der Waals surface area contributed by atoms with Crippen LogP contribution in [0.5, 0.6) is 11.5 Å². The van der Waals surface area contributed by atoms with Gasteiger partial charge in [-0.15, -0.1) is 0 Å². The van der Waals surface area contributed by atoms with Crippen LogP contribution in [-0.4, -0.2) is 29.6 Å². The first kappa shape index (κ1) is 17.1. The van der Waals surface area contributed by atoms with Crippen molar-refractivity contribution >= 4 is 33.8 Å². The summed E-state index contributed by atoms with van der Waals surface area (Å²) in [6, 6.07) is 7.06. The van der Waals surface area contributed by atoms with Crippen molar-refractivity contribution in [2.24, 2.45) is 7.05 Å². The zero-order valence-electron chi connectivity index (χ0n) is 13.4. The van der Waals surface area contributed by atoms with E-state index in [2.05, 4.69) is 26.8 Å². The van der Waals surface area contributed by atoms with Gasteiger partial charge in [0.15, 0.2) is 11.5 Å². The topological polar surface area (TPSA) is 81.6 Å². The summed E-state index contributed by atoms with van der Waals surface area (Å²) in [7, 11) is 1.74. The summed E-state index contributed by atoms with van der Waals surface area (Å²) in [6.45, 7) is 1.03. The van der Waals surface area contributed by atoms with Gasteiger partial charge in [-0.25, -0.2) is 0 Å². The number of halogens is 1. The molecule has 0 atom stereocenters. The summed E-state index contributed by atoms with van der Waals surface area (Å²) in [5, 5.41) is 0. The van der Waals surface area contributed by atoms with Crippen LogP contribution in [0, 0.1) is 0 Å². The number of benzene rings is 1. The van der Waals surface area contributed by atoms with E-state index >= 15 is 0 Å². The van der Waals surface area contributed by atoms with E-state index < -0.39 is 11.8 Å². The molecule has 1 aliphatic heterocycles. The first-order valence-corrected chi connectivity index (χ1v) is 8.32. The van der Waals surface area contributed by atoms with Crippen LogP contribution >= 0.6 is 15.9 Å². The van der Waals surface area contributed by atoms with Gasteiger partial charge in [0.2, 0.25) is 0 Å². The van der Waals surface area contributed by atoms with Gasteiger partial charge in [-0.1, -0.05) is 6.07 Å². The molecule has 1 aromatic heterocycles. The Hall–Kier alpha value is -2.74. The van der Waals surface area contributed by atoms with Crippen molar-refractivity contribution in [3.8, 4) is 11.5 Å². The molecule has 2 amide bonds. The number of hydrogen-bond acceptors (Lipinski definition) is 4. The minimum absolute atomic E-state index is 0.408. The number of carbonyl (C=O) groups is 2. The highest BCUT2D eigenvalue weighted by atomic mass is 79.9. The van der Waals surface area contributed by atoms with Gasteiger partial charge in [0, 0.05) is 23.8 Å². The minimum atomic E-state index is -0.448. The van der Waals surface area contributed by atoms with E-state index in [4.69, 9.17) is 9.47 Å². The minimum Gasteiger partial charge on any atom is -0.486 e. The van der Waals surface area contributed by atoms with Crippen molar-refractivity contribution < 1.29 is 19.1 Å². The van der Waals surface area contributed by atoms with Crippen LogP contribution in [0.4, 0.5) is 0 Å². The van der Waals surface area contributed by atoms with Crippen molar-refractivity contribution in [1.29, 1.82) is 0 Å². The Morgan fingerprint density at radius 3 is 2.64 bits per heavy atom. The predicted octanol–water partition coefficient (Wildman–Crippen LogP) is 2.03. The van der Waals surface area contributed by atoms with Gasteiger partial charge in [0.05, 0.1) is 0 Å². The molecular formula is C17H16BrN3O4. The van der Waals surface area contributed by atoms with Crippen LogP contribution in [0.25, 0.3) is 6.08 Å². The number of carbonyl (C=O) groups excluding carboxylic acids is 2. The molecule has 1 aliphatic rings. The van der Waals surface area contributed by atoms with Gasteiger partial charge < -0.3 is 14.0 Å². The van der Waals surface area contributed by atoms with Crippen LogP contribution in [0.3, 0.4) is 0 Å². The Kier molecular flexibility index (Phi) is 5.08. The number of aromatic nitrogens is 1. The van der Waals surface area contributed by atoms with E-state index in [1.54, 1.807) is 42.1 Å². The van der Waals surface area contributed by atoms with E-state index in [9.17, 15) is 9.59 Å². The van der Waals surface area contributed by atoms with Crippen molar-refractivity contribution in [2.45, 2.75) is 0 Å². The lowest BCUT2D eigenvalue weighted by molar-refractivity contribution is -0.117. The quantitative estimate of drug-likeness (QED) is 0.604. The lowest BCUT2D eigenvalue weighted by Gasteiger charge is -2.18. The first-order chi connectivity index (χ1) is 12.0.